The normalized spacial score (nSPS) is 16.0. The summed E-state index contributed by atoms with van der Waals surface area (Å²) in [4.78, 5) is 31.1. The molecule has 1 atom stereocenters. The molecule has 4 rings (SSSR count). The number of carbonyl (C=O) groups excluding carboxylic acids is 2. The zero-order chi connectivity index (χ0) is 20.5. The third-order valence-electron chi connectivity index (χ3n) is 4.69. The van der Waals surface area contributed by atoms with E-state index in [0.717, 1.165) is 5.56 Å². The highest BCUT2D eigenvalue weighted by molar-refractivity contribution is 5.93. The van der Waals surface area contributed by atoms with Gasteiger partial charge < -0.3 is 15.0 Å². The van der Waals surface area contributed by atoms with Gasteiger partial charge in [0.15, 0.2) is 17.9 Å². The highest BCUT2D eigenvalue weighted by atomic mass is 16.3. The van der Waals surface area contributed by atoms with E-state index in [2.05, 4.69) is 20.5 Å². The molecule has 0 saturated heterocycles. The van der Waals surface area contributed by atoms with E-state index in [1.165, 1.54) is 27.7 Å². The number of aliphatic hydroxyl groups is 1. The van der Waals surface area contributed by atoms with E-state index in [9.17, 15) is 14.7 Å². The molecule has 10 heteroatoms. The first kappa shape index (κ1) is 18.6. The van der Waals surface area contributed by atoms with E-state index in [0.29, 0.717) is 23.0 Å². The predicted octanol–water partition coefficient (Wildman–Crippen LogP) is 1.47. The Balaban J connectivity index is 1.47. The Kier molecular flexibility index (Phi) is 4.69. The molecule has 0 saturated carbocycles. The average Bonchev–Trinajstić information content (AvgIpc) is 3.15. The molecule has 29 heavy (non-hydrogen) atoms. The first-order valence-corrected chi connectivity index (χ1v) is 8.88. The zero-order valence-electron chi connectivity index (χ0n) is 15.9. The van der Waals surface area contributed by atoms with Gasteiger partial charge in [0.1, 0.15) is 12.2 Å². The van der Waals surface area contributed by atoms with E-state index in [-0.39, 0.29) is 18.5 Å². The maximum Gasteiger partial charge on any atom is 0.327 e. The number of carbonyl (C=O) groups is 2. The van der Waals surface area contributed by atoms with Gasteiger partial charge in [-0.3, -0.25) is 14.6 Å². The number of hydrogen-bond donors (Lipinski definition) is 2. The molecule has 2 N–H and O–H groups in total. The largest absolute Gasteiger partial charge is 0.368 e. The minimum Gasteiger partial charge on any atom is -0.368 e. The number of urea groups is 1. The third kappa shape index (κ3) is 3.41. The van der Waals surface area contributed by atoms with Crippen LogP contribution in [0.2, 0.25) is 0 Å². The average molecular weight is 393 g/mol. The number of aliphatic hydroxyl groups excluding tert-OH is 1. The summed E-state index contributed by atoms with van der Waals surface area (Å²) in [6.07, 6.45) is 0.231. The molecule has 1 aliphatic rings. The van der Waals surface area contributed by atoms with Crippen molar-refractivity contribution < 1.29 is 14.7 Å². The van der Waals surface area contributed by atoms with E-state index in [4.69, 9.17) is 0 Å². The fourth-order valence-electron chi connectivity index (χ4n) is 3.14. The summed E-state index contributed by atoms with van der Waals surface area (Å²) in [6.45, 7) is -0.0998. The second-order valence-electron chi connectivity index (χ2n) is 6.63. The number of amides is 3. The molecule has 3 heterocycles. The van der Waals surface area contributed by atoms with Crippen LogP contribution < -0.4 is 10.2 Å². The van der Waals surface area contributed by atoms with E-state index in [1.807, 2.05) is 30.3 Å². The highest BCUT2D eigenvalue weighted by Gasteiger charge is 2.36. The molecule has 1 aliphatic heterocycles. The van der Waals surface area contributed by atoms with Crippen LogP contribution in [0.3, 0.4) is 0 Å². The second kappa shape index (κ2) is 7.32. The van der Waals surface area contributed by atoms with Gasteiger partial charge in [-0.15, -0.1) is 10.2 Å². The number of aromatic nitrogens is 4. The van der Waals surface area contributed by atoms with Crippen LogP contribution in [0, 0.1) is 0 Å². The first-order valence-electron chi connectivity index (χ1n) is 8.88. The van der Waals surface area contributed by atoms with Crippen molar-refractivity contribution >= 4 is 23.6 Å². The van der Waals surface area contributed by atoms with Crippen LogP contribution in [0.25, 0.3) is 11.3 Å². The highest BCUT2D eigenvalue weighted by Crippen LogP contribution is 2.32. The van der Waals surface area contributed by atoms with Gasteiger partial charge in [-0.25, -0.2) is 9.78 Å². The van der Waals surface area contributed by atoms with Gasteiger partial charge in [0.2, 0.25) is 5.91 Å². The topological polar surface area (TPSA) is 116 Å². The monoisotopic (exact) mass is 393 g/mol. The molecule has 1 unspecified atom stereocenters. The van der Waals surface area contributed by atoms with E-state index < -0.39 is 6.23 Å². The van der Waals surface area contributed by atoms with Crippen LogP contribution in [-0.4, -0.2) is 55.8 Å². The molecular weight excluding hydrogens is 374 g/mol. The van der Waals surface area contributed by atoms with E-state index >= 15 is 0 Å². The Morgan fingerprint density at radius 2 is 1.90 bits per heavy atom. The van der Waals surface area contributed by atoms with E-state index in [1.54, 1.807) is 19.2 Å². The zero-order valence-corrected chi connectivity index (χ0v) is 15.9. The number of imidazole rings is 1. The van der Waals surface area contributed by atoms with Crippen molar-refractivity contribution in [2.24, 2.45) is 0 Å². The number of benzene rings is 1. The lowest BCUT2D eigenvalue weighted by molar-refractivity contribution is -0.116. The fraction of sp³-hybridized carbons (Fsp3) is 0.211. The molecule has 0 aliphatic carbocycles. The number of fused-ring (bicyclic) bond motifs is 1. The maximum atomic E-state index is 12.5. The lowest BCUT2D eigenvalue weighted by Crippen LogP contribution is -2.46. The molecule has 0 fully saturated rings. The summed E-state index contributed by atoms with van der Waals surface area (Å²) in [5.74, 6) is 0.274. The minimum atomic E-state index is -1.19. The fourth-order valence-corrected chi connectivity index (χ4v) is 3.14. The van der Waals surface area contributed by atoms with Gasteiger partial charge in [-0.1, -0.05) is 30.3 Å². The molecule has 2 aromatic heterocycles. The molecule has 0 spiro atoms. The molecule has 3 amide bonds. The van der Waals surface area contributed by atoms with Crippen molar-refractivity contribution in [3.05, 3.63) is 54.5 Å². The van der Waals surface area contributed by atoms with Crippen molar-refractivity contribution in [1.29, 1.82) is 0 Å². The molecule has 1 aromatic carbocycles. The Hall–Kier alpha value is -3.79. The number of nitrogens with one attached hydrogen (secondary N) is 1. The quantitative estimate of drug-likeness (QED) is 0.693. The van der Waals surface area contributed by atoms with Crippen LogP contribution in [0.4, 0.5) is 16.4 Å². The molecular formula is C19H19N7O3. The van der Waals surface area contributed by atoms with Gasteiger partial charge >= 0.3 is 6.03 Å². The van der Waals surface area contributed by atoms with Crippen molar-refractivity contribution in [1.82, 2.24) is 24.6 Å². The van der Waals surface area contributed by atoms with Crippen molar-refractivity contribution in [3.8, 4) is 11.3 Å². The Bertz CT molecular complexity index is 1050. The summed E-state index contributed by atoms with van der Waals surface area (Å²) in [6, 6.07) is 12.7. The number of rotatable bonds is 4. The maximum absolute atomic E-state index is 12.5. The SMILES string of the molecule is CN1C(=O)N(C)C(O)c2c1ncn2CC(=O)Nc1ccc(-c2ccccc2)nn1. The van der Waals surface area contributed by atoms with Crippen LogP contribution in [0.1, 0.15) is 11.9 Å². The lowest BCUT2D eigenvalue weighted by atomic mass is 10.1. The molecule has 10 nitrogen and oxygen atoms in total. The van der Waals surface area contributed by atoms with Crippen LogP contribution in [-0.2, 0) is 11.3 Å². The van der Waals surface area contributed by atoms with Crippen molar-refractivity contribution in [2.45, 2.75) is 12.8 Å². The Morgan fingerprint density at radius 3 is 2.59 bits per heavy atom. The Labute approximate surface area is 166 Å². The molecule has 0 bridgehead atoms. The molecule has 3 aromatic rings. The third-order valence-corrected chi connectivity index (χ3v) is 4.69. The number of anilines is 2. The lowest BCUT2D eigenvalue weighted by Gasteiger charge is -2.34. The standard InChI is InChI=1S/C19H19N7O3/c1-24-17-16(18(28)25(2)19(24)29)26(11-20-17)10-15(27)21-14-9-8-13(22-23-14)12-6-4-3-5-7-12/h3-9,11,18,28H,10H2,1-2H3,(H,21,23,27). The van der Waals surface area contributed by atoms with Gasteiger partial charge in [0.05, 0.1) is 12.0 Å². The Morgan fingerprint density at radius 1 is 1.14 bits per heavy atom. The van der Waals surface area contributed by atoms with Gasteiger partial charge in [0.25, 0.3) is 0 Å². The summed E-state index contributed by atoms with van der Waals surface area (Å²) in [7, 11) is 3.04. The summed E-state index contributed by atoms with van der Waals surface area (Å²) in [5, 5.41) is 21.2. The number of nitrogens with zero attached hydrogens (tertiary/aromatic N) is 6. The summed E-state index contributed by atoms with van der Waals surface area (Å²) < 4.78 is 1.50. The van der Waals surface area contributed by atoms with Gasteiger partial charge in [0, 0.05) is 19.7 Å². The van der Waals surface area contributed by atoms with Crippen molar-refractivity contribution in [2.75, 3.05) is 24.3 Å². The van der Waals surface area contributed by atoms with Gasteiger partial charge in [-0.2, -0.15) is 0 Å². The second-order valence-corrected chi connectivity index (χ2v) is 6.63. The number of hydrogen-bond acceptors (Lipinski definition) is 6. The summed E-state index contributed by atoms with van der Waals surface area (Å²) in [5.41, 5.74) is 2.00. The van der Waals surface area contributed by atoms with Crippen LogP contribution >= 0.6 is 0 Å². The predicted molar refractivity (Wildman–Crippen MR) is 105 cm³/mol. The van der Waals surface area contributed by atoms with Crippen LogP contribution in [0.15, 0.2) is 48.8 Å². The smallest absolute Gasteiger partial charge is 0.327 e. The minimum absolute atomic E-state index is 0.0998. The summed E-state index contributed by atoms with van der Waals surface area (Å²) >= 11 is 0. The molecule has 0 radical (unpaired) electrons. The first-order chi connectivity index (χ1) is 14.0. The van der Waals surface area contributed by atoms with Gasteiger partial charge in [-0.05, 0) is 12.1 Å². The van der Waals surface area contributed by atoms with Crippen LogP contribution in [0.5, 0.6) is 0 Å². The van der Waals surface area contributed by atoms with Crippen molar-refractivity contribution in [3.63, 3.8) is 0 Å². The molecule has 148 valence electrons.